The number of carbonyl (C=O) groups is 1. The van der Waals surface area contributed by atoms with Gasteiger partial charge in [0.05, 0.1) is 21.1 Å². The van der Waals surface area contributed by atoms with E-state index in [4.69, 9.17) is 0 Å². The Kier molecular flexibility index (Phi) is 2.82. The summed E-state index contributed by atoms with van der Waals surface area (Å²) in [5, 5.41) is 10.3. The molecule has 3 nitrogen and oxygen atoms in total. The number of carboxylic acids is 1. The van der Waals surface area contributed by atoms with Crippen molar-refractivity contribution in [1.82, 2.24) is 4.98 Å². The Hall–Kier alpha value is -1.42. The smallest absolute Gasteiger partial charge is 0.307 e. The summed E-state index contributed by atoms with van der Waals surface area (Å²) < 4.78 is 1.15. The van der Waals surface area contributed by atoms with Crippen molar-refractivity contribution < 1.29 is 9.90 Å². The summed E-state index contributed by atoms with van der Waals surface area (Å²) in [6.07, 6.45) is 1.71. The monoisotopic (exact) mass is 261 g/mol. The number of fused-ring (bicyclic) bond motifs is 1. The van der Waals surface area contributed by atoms with Crippen molar-refractivity contribution >= 4 is 27.5 Å². The van der Waals surface area contributed by atoms with Gasteiger partial charge in [-0.2, -0.15) is 0 Å². The largest absolute Gasteiger partial charge is 0.481 e. The number of aromatic nitrogens is 1. The third kappa shape index (κ3) is 1.90. The molecule has 0 spiro atoms. The Morgan fingerprint density at radius 3 is 2.89 bits per heavy atom. The van der Waals surface area contributed by atoms with Crippen LogP contribution in [0.1, 0.15) is 30.7 Å². The van der Waals surface area contributed by atoms with Crippen LogP contribution in [0.3, 0.4) is 0 Å². The Morgan fingerprint density at radius 2 is 2.17 bits per heavy atom. The van der Waals surface area contributed by atoms with E-state index >= 15 is 0 Å². The van der Waals surface area contributed by atoms with Crippen molar-refractivity contribution in [3.63, 3.8) is 0 Å². The van der Waals surface area contributed by atoms with Crippen LogP contribution >= 0.6 is 11.3 Å². The van der Waals surface area contributed by atoms with Gasteiger partial charge in [-0.05, 0) is 30.9 Å². The first-order chi connectivity index (χ1) is 8.65. The van der Waals surface area contributed by atoms with E-state index in [0.717, 1.165) is 28.1 Å². The number of hydrogen-bond donors (Lipinski definition) is 1. The topological polar surface area (TPSA) is 50.2 Å². The van der Waals surface area contributed by atoms with E-state index in [1.807, 2.05) is 24.3 Å². The summed E-state index contributed by atoms with van der Waals surface area (Å²) in [5.74, 6) is -0.373. The molecule has 94 valence electrons. The fraction of sp³-hybridized carbons (Fsp3) is 0.429. The summed E-state index contributed by atoms with van der Waals surface area (Å²) in [6, 6.07) is 8.00. The fourth-order valence-electron chi connectivity index (χ4n) is 2.89. The Bertz CT molecular complexity index is 559. The van der Waals surface area contributed by atoms with Gasteiger partial charge in [-0.1, -0.05) is 19.1 Å². The van der Waals surface area contributed by atoms with Crippen LogP contribution in [-0.2, 0) is 4.79 Å². The van der Waals surface area contributed by atoms with Gasteiger partial charge < -0.3 is 5.11 Å². The van der Waals surface area contributed by atoms with E-state index in [1.165, 1.54) is 0 Å². The Morgan fingerprint density at radius 1 is 1.39 bits per heavy atom. The zero-order chi connectivity index (χ0) is 12.7. The van der Waals surface area contributed by atoms with Crippen molar-refractivity contribution in [2.45, 2.75) is 25.7 Å². The lowest BCUT2D eigenvalue weighted by Crippen LogP contribution is -2.16. The van der Waals surface area contributed by atoms with Crippen LogP contribution in [0.25, 0.3) is 10.2 Å². The minimum Gasteiger partial charge on any atom is -0.481 e. The molecule has 1 heterocycles. The van der Waals surface area contributed by atoms with Crippen molar-refractivity contribution in [3.8, 4) is 0 Å². The van der Waals surface area contributed by atoms with E-state index in [-0.39, 0.29) is 11.8 Å². The summed E-state index contributed by atoms with van der Waals surface area (Å²) >= 11 is 1.64. The molecular formula is C14H15NO2S. The van der Waals surface area contributed by atoms with Gasteiger partial charge in [0.25, 0.3) is 0 Å². The number of nitrogens with zero attached hydrogens (tertiary/aromatic N) is 1. The van der Waals surface area contributed by atoms with Gasteiger partial charge in [0, 0.05) is 5.92 Å². The summed E-state index contributed by atoms with van der Waals surface area (Å²) in [4.78, 5) is 15.9. The van der Waals surface area contributed by atoms with E-state index < -0.39 is 5.97 Å². The zero-order valence-electron chi connectivity index (χ0n) is 10.2. The van der Waals surface area contributed by atoms with Gasteiger partial charge in [-0.15, -0.1) is 11.3 Å². The highest BCUT2D eigenvalue weighted by Crippen LogP contribution is 2.45. The van der Waals surface area contributed by atoms with E-state index in [9.17, 15) is 9.90 Å². The number of para-hydroxylation sites is 1. The molecule has 0 bridgehead atoms. The number of aliphatic carboxylic acids is 1. The summed E-state index contributed by atoms with van der Waals surface area (Å²) in [7, 11) is 0. The quantitative estimate of drug-likeness (QED) is 0.900. The maximum atomic E-state index is 11.3. The number of rotatable bonds is 2. The zero-order valence-corrected chi connectivity index (χ0v) is 11.0. The second-order valence-electron chi connectivity index (χ2n) is 5.15. The van der Waals surface area contributed by atoms with Crippen LogP contribution in [0.4, 0.5) is 0 Å². The molecule has 0 saturated heterocycles. The van der Waals surface area contributed by atoms with E-state index in [2.05, 4.69) is 11.9 Å². The molecule has 1 aliphatic rings. The molecule has 1 saturated carbocycles. The maximum absolute atomic E-state index is 11.3. The maximum Gasteiger partial charge on any atom is 0.307 e. The Balaban J connectivity index is 2.00. The molecule has 2 aromatic rings. The first-order valence-electron chi connectivity index (χ1n) is 6.23. The van der Waals surface area contributed by atoms with Crippen LogP contribution < -0.4 is 0 Å². The summed E-state index contributed by atoms with van der Waals surface area (Å²) in [5.41, 5.74) is 0.987. The SMILES string of the molecule is CC1CC(C(=O)O)C(c2nc3ccccc3s2)C1. The number of hydrogen-bond acceptors (Lipinski definition) is 3. The molecule has 18 heavy (non-hydrogen) atoms. The van der Waals surface area contributed by atoms with Crippen LogP contribution in [0, 0.1) is 11.8 Å². The van der Waals surface area contributed by atoms with Crippen LogP contribution in [0.5, 0.6) is 0 Å². The molecule has 4 heteroatoms. The predicted molar refractivity (Wildman–Crippen MR) is 71.9 cm³/mol. The lowest BCUT2D eigenvalue weighted by molar-refractivity contribution is -0.142. The van der Waals surface area contributed by atoms with Crippen molar-refractivity contribution in [2.75, 3.05) is 0 Å². The molecule has 1 fully saturated rings. The van der Waals surface area contributed by atoms with Gasteiger partial charge in [-0.25, -0.2) is 4.98 Å². The second kappa shape index (κ2) is 4.35. The molecule has 3 rings (SSSR count). The van der Waals surface area contributed by atoms with Crippen LogP contribution in [0.2, 0.25) is 0 Å². The molecule has 1 aliphatic carbocycles. The van der Waals surface area contributed by atoms with Gasteiger partial charge in [-0.3, -0.25) is 4.79 Å². The highest BCUT2D eigenvalue weighted by atomic mass is 32.1. The molecule has 3 unspecified atom stereocenters. The van der Waals surface area contributed by atoms with E-state index in [0.29, 0.717) is 5.92 Å². The van der Waals surface area contributed by atoms with Crippen LogP contribution in [-0.4, -0.2) is 16.1 Å². The number of thiazole rings is 1. The van der Waals surface area contributed by atoms with Gasteiger partial charge >= 0.3 is 5.97 Å². The highest BCUT2D eigenvalue weighted by molar-refractivity contribution is 7.18. The molecule has 3 atom stereocenters. The minimum atomic E-state index is -0.677. The molecule has 1 aromatic carbocycles. The van der Waals surface area contributed by atoms with E-state index in [1.54, 1.807) is 11.3 Å². The molecule has 0 amide bonds. The lowest BCUT2D eigenvalue weighted by Gasteiger charge is -2.11. The molecule has 1 aromatic heterocycles. The average Bonchev–Trinajstić information content (AvgIpc) is 2.91. The molecular weight excluding hydrogens is 246 g/mol. The fourth-order valence-corrected chi connectivity index (χ4v) is 4.03. The number of carboxylic acid groups (broad SMARTS) is 1. The standard InChI is InChI=1S/C14H15NO2S/c1-8-6-9(10(7-8)14(16)17)13-15-11-4-2-3-5-12(11)18-13/h2-5,8-10H,6-7H2,1H3,(H,16,17). The third-order valence-corrected chi connectivity index (χ3v) is 4.91. The molecule has 1 N–H and O–H groups in total. The minimum absolute atomic E-state index is 0.0925. The number of benzene rings is 1. The van der Waals surface area contributed by atoms with Gasteiger partial charge in [0.2, 0.25) is 0 Å². The molecule has 0 radical (unpaired) electrons. The summed E-state index contributed by atoms with van der Waals surface area (Å²) in [6.45, 7) is 2.13. The predicted octanol–water partition coefficient (Wildman–Crippen LogP) is 3.51. The second-order valence-corrected chi connectivity index (χ2v) is 6.21. The molecule has 0 aliphatic heterocycles. The highest BCUT2D eigenvalue weighted by Gasteiger charge is 2.39. The van der Waals surface area contributed by atoms with Crippen molar-refractivity contribution in [1.29, 1.82) is 0 Å². The van der Waals surface area contributed by atoms with Gasteiger partial charge in [0.15, 0.2) is 0 Å². The van der Waals surface area contributed by atoms with Gasteiger partial charge in [0.1, 0.15) is 0 Å². The third-order valence-electron chi connectivity index (χ3n) is 3.74. The first kappa shape index (κ1) is 11.7. The normalized spacial score (nSPS) is 27.7. The first-order valence-corrected chi connectivity index (χ1v) is 7.05. The van der Waals surface area contributed by atoms with Crippen LogP contribution in [0.15, 0.2) is 24.3 Å². The Labute approximate surface area is 109 Å². The average molecular weight is 261 g/mol. The lowest BCUT2D eigenvalue weighted by atomic mass is 9.97. The van der Waals surface area contributed by atoms with Crippen molar-refractivity contribution in [2.24, 2.45) is 11.8 Å². The van der Waals surface area contributed by atoms with Crippen molar-refractivity contribution in [3.05, 3.63) is 29.3 Å².